The van der Waals surface area contributed by atoms with E-state index in [0.717, 1.165) is 0 Å². The zero-order valence-corrected chi connectivity index (χ0v) is 24.8. The minimum Gasteiger partial charge on any atom is -0.439 e. The number of aliphatic hydroxyl groups is 7. The van der Waals surface area contributed by atoms with E-state index in [1.807, 2.05) is 0 Å². The molecule has 7 N–H and O–H groups in total. The summed E-state index contributed by atoms with van der Waals surface area (Å²) in [5, 5.41) is 76.1. The van der Waals surface area contributed by atoms with Crippen LogP contribution in [-0.2, 0) is 52.5 Å². The van der Waals surface area contributed by atoms with E-state index in [0.29, 0.717) is 48.5 Å². The van der Waals surface area contributed by atoms with Crippen LogP contribution in [0.3, 0.4) is 0 Å². The first-order chi connectivity index (χ1) is 20.0. The smallest absolute Gasteiger partial charge is 0.304 e. The van der Waals surface area contributed by atoms with E-state index in [1.165, 1.54) is 0 Å². The van der Waals surface area contributed by atoms with E-state index in [9.17, 15) is 69.3 Å². The number of ether oxygens (including phenoxy) is 4. The first-order valence-corrected chi connectivity index (χ1v) is 13.0. The fourth-order valence-corrected chi connectivity index (χ4v) is 6.05. The summed E-state index contributed by atoms with van der Waals surface area (Å²) >= 11 is 0. The number of aliphatic hydroxyl groups excluding tert-OH is 6. The van der Waals surface area contributed by atoms with Gasteiger partial charge in [-0.3, -0.25) is 33.6 Å². The summed E-state index contributed by atoms with van der Waals surface area (Å²) in [6.07, 6.45) is -16.3. The number of rotatable bonds is 11. The Morgan fingerprint density at radius 3 is 1.57 bits per heavy atom. The highest BCUT2D eigenvalue weighted by Crippen LogP contribution is 2.51. The van der Waals surface area contributed by atoms with E-state index < -0.39 is 112 Å². The molecule has 2 fully saturated rings. The molecule has 0 saturated carbocycles. The molecule has 2 aliphatic rings. The second kappa shape index (κ2) is 12.1. The summed E-state index contributed by atoms with van der Waals surface area (Å²) in [5.41, 5.74) is -14.4. The Morgan fingerprint density at radius 1 is 0.727 bits per heavy atom. The monoisotopic (exact) mass is 636 g/mol. The van der Waals surface area contributed by atoms with Gasteiger partial charge in [0.1, 0.15) is 30.5 Å². The number of carbonyl (C=O) groups excluding carboxylic acids is 7. The van der Waals surface area contributed by atoms with Gasteiger partial charge < -0.3 is 54.7 Å². The predicted molar refractivity (Wildman–Crippen MR) is 136 cm³/mol. The van der Waals surface area contributed by atoms with Crippen molar-refractivity contribution >= 4 is 40.7 Å². The van der Waals surface area contributed by atoms with Gasteiger partial charge in [0, 0.05) is 13.8 Å². The highest BCUT2D eigenvalue weighted by molar-refractivity contribution is 6.16. The van der Waals surface area contributed by atoms with Crippen LogP contribution in [0.15, 0.2) is 0 Å². The maximum Gasteiger partial charge on any atom is 0.304 e. The molecule has 2 saturated heterocycles. The largest absolute Gasteiger partial charge is 0.439 e. The van der Waals surface area contributed by atoms with E-state index in [4.69, 9.17) is 18.9 Å². The van der Waals surface area contributed by atoms with Crippen molar-refractivity contribution in [1.82, 2.24) is 0 Å². The topological polar surface area (TPSA) is 298 Å². The van der Waals surface area contributed by atoms with Crippen molar-refractivity contribution in [2.45, 2.75) is 113 Å². The Balaban J connectivity index is 3.21. The van der Waals surface area contributed by atoms with Gasteiger partial charge in [-0.15, -0.1) is 0 Å². The zero-order chi connectivity index (χ0) is 34.5. The zero-order valence-electron chi connectivity index (χ0n) is 24.8. The van der Waals surface area contributed by atoms with Gasteiger partial charge >= 0.3 is 5.97 Å². The third-order valence-electron chi connectivity index (χ3n) is 8.15. The van der Waals surface area contributed by atoms with E-state index >= 15 is 0 Å². The van der Waals surface area contributed by atoms with E-state index in [1.54, 1.807) is 0 Å². The molecule has 10 atom stereocenters. The number of ketones is 6. The van der Waals surface area contributed by atoms with Gasteiger partial charge in [-0.2, -0.15) is 0 Å². The molecular formula is C26H36O18. The van der Waals surface area contributed by atoms with Crippen molar-refractivity contribution in [3.63, 3.8) is 0 Å². The van der Waals surface area contributed by atoms with E-state index in [2.05, 4.69) is 0 Å². The number of Topliss-reactive ketones (excluding diaryl/α,β-unsaturated/α-hetero) is 6. The summed E-state index contributed by atoms with van der Waals surface area (Å²) in [7, 11) is 0. The highest BCUT2D eigenvalue weighted by atomic mass is 16.8. The van der Waals surface area contributed by atoms with Crippen LogP contribution in [-0.4, -0.2) is 148 Å². The maximum atomic E-state index is 13.5. The van der Waals surface area contributed by atoms with Crippen LogP contribution < -0.4 is 0 Å². The fourth-order valence-electron chi connectivity index (χ4n) is 6.05. The number of esters is 1. The summed E-state index contributed by atoms with van der Waals surface area (Å²) in [5.74, 6) is -14.6. The summed E-state index contributed by atoms with van der Waals surface area (Å²) in [4.78, 5) is 91.6. The maximum absolute atomic E-state index is 13.5. The summed E-state index contributed by atoms with van der Waals surface area (Å²) in [6.45, 7) is 2.75. The Kier molecular flexibility index (Phi) is 10.3. The number of hydrogen-bond donors (Lipinski definition) is 7. The van der Waals surface area contributed by atoms with Gasteiger partial charge in [0.2, 0.25) is 5.60 Å². The Hall–Kier alpha value is -2.91. The lowest BCUT2D eigenvalue weighted by molar-refractivity contribution is -0.428. The van der Waals surface area contributed by atoms with Gasteiger partial charge in [-0.25, -0.2) is 0 Å². The molecule has 0 unspecified atom stereocenters. The molecule has 0 aromatic carbocycles. The molecular weight excluding hydrogens is 600 g/mol. The molecule has 0 spiro atoms. The molecule has 2 aliphatic heterocycles. The molecule has 0 amide bonds. The van der Waals surface area contributed by atoms with Gasteiger partial charge in [-0.1, -0.05) is 0 Å². The molecule has 0 radical (unpaired) electrons. The molecule has 0 aromatic heterocycles. The molecule has 2 rings (SSSR count). The van der Waals surface area contributed by atoms with Crippen LogP contribution in [0, 0.1) is 0 Å². The molecule has 248 valence electrons. The molecule has 2 heterocycles. The SMILES string of the molecule is CC(=O)OC(C(C)=O)(C(C)=O)[C@@]1(C(C)=O)O[C@](O[C@]2(C(C)=O)[C@@H](CO)O[C@H](O)[C@H](O)[C@]2(O)C(C)=O)(C(C)=O)[C@H](O)[C@@H](O)[C@H]1O. The van der Waals surface area contributed by atoms with Crippen molar-refractivity contribution in [2.24, 2.45) is 0 Å². The average Bonchev–Trinajstić information content (AvgIpc) is 2.90. The first kappa shape index (κ1) is 37.3. The normalized spacial score (nSPS) is 39.2. The Labute approximate surface area is 249 Å². The lowest BCUT2D eigenvalue weighted by atomic mass is 9.65. The van der Waals surface area contributed by atoms with Gasteiger partial charge in [0.15, 0.2) is 52.2 Å². The molecule has 0 bridgehead atoms. The van der Waals surface area contributed by atoms with Crippen molar-refractivity contribution in [1.29, 1.82) is 0 Å². The molecule has 0 aromatic rings. The van der Waals surface area contributed by atoms with Gasteiger partial charge in [-0.05, 0) is 34.6 Å². The minimum atomic E-state index is -3.81. The van der Waals surface area contributed by atoms with Crippen molar-refractivity contribution < 1.29 is 88.3 Å². The quantitative estimate of drug-likeness (QED) is 0.0824. The second-order valence-corrected chi connectivity index (χ2v) is 10.7. The van der Waals surface area contributed by atoms with E-state index in [-0.39, 0.29) is 0 Å². The number of hydrogen-bond acceptors (Lipinski definition) is 18. The van der Waals surface area contributed by atoms with Crippen molar-refractivity contribution in [2.75, 3.05) is 6.61 Å². The lowest BCUT2D eigenvalue weighted by Gasteiger charge is -2.60. The molecule has 18 nitrogen and oxygen atoms in total. The lowest BCUT2D eigenvalue weighted by Crippen LogP contribution is -2.87. The van der Waals surface area contributed by atoms with Crippen LogP contribution in [0.1, 0.15) is 48.5 Å². The first-order valence-electron chi connectivity index (χ1n) is 13.0. The van der Waals surface area contributed by atoms with Crippen LogP contribution in [0.25, 0.3) is 0 Å². The van der Waals surface area contributed by atoms with Crippen LogP contribution in [0.2, 0.25) is 0 Å². The third kappa shape index (κ3) is 4.68. The molecule has 18 heteroatoms. The van der Waals surface area contributed by atoms with Crippen LogP contribution in [0.4, 0.5) is 0 Å². The molecule has 44 heavy (non-hydrogen) atoms. The summed E-state index contributed by atoms with van der Waals surface area (Å²) < 4.78 is 21.3. The predicted octanol–water partition coefficient (Wildman–Crippen LogP) is -5.07. The van der Waals surface area contributed by atoms with Gasteiger partial charge in [0.25, 0.3) is 11.4 Å². The molecule has 0 aliphatic carbocycles. The number of carbonyl (C=O) groups is 7. The van der Waals surface area contributed by atoms with Crippen molar-refractivity contribution in [3.05, 3.63) is 0 Å². The third-order valence-corrected chi connectivity index (χ3v) is 8.15. The van der Waals surface area contributed by atoms with Crippen LogP contribution in [0.5, 0.6) is 0 Å². The standard InChI is InChI=1S/C26H36O18/c1-9(28)22(40)20(38)21(39)41-16(8-27)24(22,12(4)31)43-26(14(6)33)19(37)17(35)18(36)25(44-26,13(5)32)23(10(2)29,11(3)30)42-15(7)34/h16-21,27,35-40H,8H2,1-7H3/t16-,17+,18-,19-,20+,21+,22-,24-,25+,26-/m1/s1. The fraction of sp³-hybridized carbons (Fsp3) is 0.731. The summed E-state index contributed by atoms with van der Waals surface area (Å²) in [6, 6.07) is 0. The average molecular weight is 637 g/mol. The van der Waals surface area contributed by atoms with Gasteiger partial charge in [0.05, 0.1) is 6.61 Å². The Bertz CT molecular complexity index is 1250. The van der Waals surface area contributed by atoms with Crippen LogP contribution >= 0.6 is 0 Å². The second-order valence-electron chi connectivity index (χ2n) is 10.7. The Morgan fingerprint density at radius 2 is 1.23 bits per heavy atom. The highest BCUT2D eigenvalue weighted by Gasteiger charge is 2.80. The van der Waals surface area contributed by atoms with Crippen molar-refractivity contribution in [3.8, 4) is 0 Å². The minimum absolute atomic E-state index is 0.539.